The van der Waals surface area contributed by atoms with Crippen molar-refractivity contribution in [3.05, 3.63) is 0 Å². The van der Waals surface area contributed by atoms with E-state index in [9.17, 15) is 0 Å². The molecule has 1 aliphatic rings. The molecule has 23 heavy (non-hydrogen) atoms. The molecule has 0 unspecified atom stereocenters. The molecular formula is C21H38OS. The molecule has 0 aromatic heterocycles. The maximum atomic E-state index is 8.70. The van der Waals surface area contributed by atoms with E-state index in [1.165, 1.54) is 89.2 Å². The molecule has 0 aromatic rings. The van der Waals surface area contributed by atoms with Gasteiger partial charge in [0.1, 0.15) is 0 Å². The number of aliphatic hydroxyl groups excluding tert-OH is 1. The van der Waals surface area contributed by atoms with Gasteiger partial charge in [0.25, 0.3) is 0 Å². The Balaban J connectivity index is 1.74. The summed E-state index contributed by atoms with van der Waals surface area (Å²) in [5, 5.41) is 8.70. The van der Waals surface area contributed by atoms with Gasteiger partial charge < -0.3 is 5.11 Å². The van der Waals surface area contributed by atoms with Crippen molar-refractivity contribution in [2.24, 2.45) is 5.92 Å². The predicted molar refractivity (Wildman–Crippen MR) is 105 cm³/mol. The molecular weight excluding hydrogens is 300 g/mol. The van der Waals surface area contributed by atoms with E-state index < -0.39 is 0 Å². The maximum absolute atomic E-state index is 8.70. The van der Waals surface area contributed by atoms with Crippen LogP contribution in [-0.2, 0) is 0 Å². The lowest BCUT2D eigenvalue weighted by Gasteiger charge is -2.15. The summed E-state index contributed by atoms with van der Waals surface area (Å²) < 4.78 is 0. The van der Waals surface area contributed by atoms with Crippen molar-refractivity contribution in [1.82, 2.24) is 0 Å². The van der Waals surface area contributed by atoms with Crippen LogP contribution in [0.3, 0.4) is 0 Å². The van der Waals surface area contributed by atoms with Crippen molar-refractivity contribution in [3.63, 3.8) is 0 Å². The van der Waals surface area contributed by atoms with Gasteiger partial charge in [0.15, 0.2) is 0 Å². The van der Waals surface area contributed by atoms with Gasteiger partial charge in [0.2, 0.25) is 0 Å². The van der Waals surface area contributed by atoms with E-state index in [2.05, 4.69) is 11.8 Å². The normalized spacial score (nSPS) is 15.3. The summed E-state index contributed by atoms with van der Waals surface area (Å²) in [6.45, 7) is 0.346. The van der Waals surface area contributed by atoms with E-state index in [0.29, 0.717) is 6.61 Å². The summed E-state index contributed by atoms with van der Waals surface area (Å²) in [6, 6.07) is 0. The van der Waals surface area contributed by atoms with Gasteiger partial charge in [-0.25, -0.2) is 0 Å². The largest absolute Gasteiger partial charge is 0.396 e. The van der Waals surface area contributed by atoms with E-state index in [1.807, 2.05) is 11.8 Å². The van der Waals surface area contributed by atoms with Gasteiger partial charge in [-0.3, -0.25) is 0 Å². The van der Waals surface area contributed by atoms with Crippen molar-refractivity contribution in [1.29, 1.82) is 0 Å². The molecule has 0 spiro atoms. The standard InChI is InChI=1S/C21H38OS/c22-18-14-20-23-19-13-8-6-4-2-1-3-5-7-10-15-21-16-11-9-12-17-21/h21-22H,1-9,11-14,16-20H2. The lowest BCUT2D eigenvalue weighted by atomic mass is 9.90. The highest BCUT2D eigenvalue weighted by Gasteiger charge is 2.09. The van der Waals surface area contributed by atoms with Crippen LogP contribution in [-0.4, -0.2) is 23.2 Å². The summed E-state index contributed by atoms with van der Waals surface area (Å²) in [5.74, 6) is 10.1. The molecule has 1 N–H and O–H groups in total. The first kappa shape index (κ1) is 20.9. The second-order valence-electron chi connectivity index (χ2n) is 6.92. The first-order valence-electron chi connectivity index (χ1n) is 10.1. The third-order valence-electron chi connectivity index (χ3n) is 4.70. The van der Waals surface area contributed by atoms with Crippen LogP contribution in [0.2, 0.25) is 0 Å². The molecule has 0 aromatic carbocycles. The number of hydrogen-bond donors (Lipinski definition) is 1. The smallest absolute Gasteiger partial charge is 0.0438 e. The predicted octanol–water partition coefficient (Wildman–Crippen LogP) is 6.20. The minimum absolute atomic E-state index is 0.346. The van der Waals surface area contributed by atoms with Crippen LogP contribution in [0.1, 0.15) is 96.3 Å². The molecule has 0 bridgehead atoms. The highest BCUT2D eigenvalue weighted by Crippen LogP contribution is 2.22. The van der Waals surface area contributed by atoms with E-state index >= 15 is 0 Å². The molecule has 0 saturated heterocycles. The Kier molecular flexibility index (Phi) is 15.2. The van der Waals surface area contributed by atoms with Gasteiger partial charge in [0.05, 0.1) is 0 Å². The Bertz CT molecular complexity index is 299. The summed E-state index contributed by atoms with van der Waals surface area (Å²) in [7, 11) is 0. The van der Waals surface area contributed by atoms with Gasteiger partial charge in [-0.05, 0) is 43.6 Å². The summed E-state index contributed by atoms with van der Waals surface area (Å²) in [6.07, 6.45) is 20.1. The molecule has 1 aliphatic carbocycles. The number of aliphatic hydroxyl groups is 1. The minimum atomic E-state index is 0.346. The molecule has 0 heterocycles. The van der Waals surface area contributed by atoms with E-state index in [1.54, 1.807) is 0 Å². The molecule has 1 saturated carbocycles. The topological polar surface area (TPSA) is 20.2 Å². The highest BCUT2D eigenvalue weighted by molar-refractivity contribution is 7.99. The van der Waals surface area contributed by atoms with Crippen LogP contribution in [0.25, 0.3) is 0 Å². The number of unbranched alkanes of at least 4 members (excludes halogenated alkanes) is 8. The Labute approximate surface area is 149 Å². The summed E-state index contributed by atoms with van der Waals surface area (Å²) in [5.41, 5.74) is 0. The van der Waals surface area contributed by atoms with Crippen molar-refractivity contribution >= 4 is 11.8 Å². The molecule has 134 valence electrons. The molecule has 0 radical (unpaired) electrons. The lowest BCUT2D eigenvalue weighted by molar-refractivity contribution is 0.296. The number of thioether (sulfide) groups is 1. The van der Waals surface area contributed by atoms with Gasteiger partial charge in [0, 0.05) is 18.9 Å². The van der Waals surface area contributed by atoms with Gasteiger partial charge in [-0.15, -0.1) is 5.92 Å². The fourth-order valence-electron chi connectivity index (χ4n) is 3.21. The Morgan fingerprint density at radius 3 is 2.04 bits per heavy atom. The number of rotatable bonds is 13. The van der Waals surface area contributed by atoms with Crippen molar-refractivity contribution in [3.8, 4) is 11.8 Å². The van der Waals surface area contributed by atoms with Crippen molar-refractivity contribution < 1.29 is 5.11 Å². The fraction of sp³-hybridized carbons (Fsp3) is 0.905. The monoisotopic (exact) mass is 338 g/mol. The molecule has 1 nitrogen and oxygen atoms in total. The van der Waals surface area contributed by atoms with E-state index in [4.69, 9.17) is 5.11 Å². The maximum Gasteiger partial charge on any atom is 0.0438 e. The second kappa shape index (κ2) is 16.7. The van der Waals surface area contributed by atoms with Gasteiger partial charge >= 0.3 is 0 Å². The summed E-state index contributed by atoms with van der Waals surface area (Å²) in [4.78, 5) is 0. The first-order valence-corrected chi connectivity index (χ1v) is 11.3. The average molecular weight is 339 g/mol. The van der Waals surface area contributed by atoms with Gasteiger partial charge in [-0.2, -0.15) is 11.8 Å². The molecule has 2 heteroatoms. The molecule has 0 aliphatic heterocycles. The van der Waals surface area contributed by atoms with Crippen LogP contribution in [0.4, 0.5) is 0 Å². The first-order chi connectivity index (χ1) is 11.4. The highest BCUT2D eigenvalue weighted by atomic mass is 32.2. The Hall–Kier alpha value is -0.130. The lowest BCUT2D eigenvalue weighted by Crippen LogP contribution is -2.02. The molecule has 1 rings (SSSR count). The zero-order chi connectivity index (χ0) is 16.4. The van der Waals surface area contributed by atoms with Crippen LogP contribution < -0.4 is 0 Å². The van der Waals surface area contributed by atoms with Crippen LogP contribution in [0.5, 0.6) is 0 Å². The third kappa shape index (κ3) is 14.0. The van der Waals surface area contributed by atoms with Crippen LogP contribution in [0, 0.1) is 17.8 Å². The van der Waals surface area contributed by atoms with Crippen LogP contribution >= 0.6 is 11.8 Å². The molecule has 1 fully saturated rings. The number of hydrogen-bond acceptors (Lipinski definition) is 2. The fourth-order valence-corrected chi connectivity index (χ4v) is 4.16. The molecule has 0 amide bonds. The minimum Gasteiger partial charge on any atom is -0.396 e. The van der Waals surface area contributed by atoms with E-state index in [0.717, 1.165) is 24.5 Å². The molecule has 0 atom stereocenters. The van der Waals surface area contributed by atoms with E-state index in [-0.39, 0.29) is 0 Å². The summed E-state index contributed by atoms with van der Waals surface area (Å²) >= 11 is 1.99. The third-order valence-corrected chi connectivity index (χ3v) is 5.85. The SMILES string of the molecule is OCCCSCCCCCCCCCCC#CC1CCCCC1. The second-order valence-corrected chi connectivity index (χ2v) is 8.15. The average Bonchev–Trinajstić information content (AvgIpc) is 2.59. The van der Waals surface area contributed by atoms with Crippen LogP contribution in [0.15, 0.2) is 0 Å². The van der Waals surface area contributed by atoms with Crippen molar-refractivity contribution in [2.45, 2.75) is 96.3 Å². The Morgan fingerprint density at radius 2 is 1.35 bits per heavy atom. The zero-order valence-corrected chi connectivity index (χ0v) is 16.0. The van der Waals surface area contributed by atoms with Crippen molar-refractivity contribution in [2.75, 3.05) is 18.1 Å². The van der Waals surface area contributed by atoms with Gasteiger partial charge in [-0.1, -0.05) is 63.7 Å². The Morgan fingerprint density at radius 1 is 0.739 bits per heavy atom. The zero-order valence-electron chi connectivity index (χ0n) is 15.2. The quantitative estimate of drug-likeness (QED) is 0.319.